The van der Waals surface area contributed by atoms with Crippen molar-refractivity contribution >= 4 is 34.2 Å². The zero-order valence-corrected chi connectivity index (χ0v) is 20.6. The summed E-state index contributed by atoms with van der Waals surface area (Å²) in [6.45, 7) is 1.80. The van der Waals surface area contributed by atoms with Crippen LogP contribution in [0.25, 0.3) is 0 Å². The van der Waals surface area contributed by atoms with Gasteiger partial charge in [-0.1, -0.05) is 11.6 Å². The number of nitrogens with one attached hydrogen (secondary N) is 1. The van der Waals surface area contributed by atoms with Crippen LogP contribution in [0.4, 0.5) is 11.8 Å². The monoisotopic (exact) mass is 500 g/mol. The first-order chi connectivity index (χ1) is 16.5. The summed E-state index contributed by atoms with van der Waals surface area (Å²) in [5.74, 6) is 4.23. The van der Waals surface area contributed by atoms with Crippen LogP contribution in [0, 0.1) is 11.8 Å². The Labute approximate surface area is 206 Å². The maximum Gasteiger partial charge on any atom is 0.227 e. The van der Waals surface area contributed by atoms with Crippen LogP contribution < -0.4 is 10.2 Å². The minimum atomic E-state index is -1.09. The van der Waals surface area contributed by atoms with Crippen LogP contribution in [0.3, 0.4) is 0 Å². The standard InChI is InChI=1S/C24H29ClN6O2S/c25-16-8-26-20(27-9-16)17-14-2-3-15(17)11-31(10-14)22-28-19-18(34(33)13-23(19)6-7-23)21(29-22)30-24(12-32)4-1-5-24/h8-9,14-15,17,32H,1-7,10-13H2,(H,28,29,30). The number of aromatic nitrogens is 4. The number of hydrogen-bond donors (Lipinski definition) is 2. The topological polar surface area (TPSA) is 104 Å². The van der Waals surface area contributed by atoms with Crippen LogP contribution in [0.2, 0.25) is 5.02 Å². The van der Waals surface area contributed by atoms with E-state index in [1.807, 2.05) is 0 Å². The highest BCUT2D eigenvalue weighted by atomic mass is 35.5. The number of fused-ring (bicyclic) bond motifs is 4. The second-order valence-electron chi connectivity index (χ2n) is 11.0. The third-order valence-corrected chi connectivity index (χ3v) is 10.7. The minimum absolute atomic E-state index is 0.0330. The molecule has 10 heteroatoms. The fraction of sp³-hybridized carbons (Fsp3) is 0.667. The van der Waals surface area contributed by atoms with Crippen LogP contribution in [0.15, 0.2) is 17.3 Å². The van der Waals surface area contributed by atoms with E-state index in [1.165, 1.54) is 0 Å². The highest BCUT2D eigenvalue weighted by Crippen LogP contribution is 2.56. The summed E-state index contributed by atoms with van der Waals surface area (Å²) in [5.41, 5.74) is 0.608. The lowest BCUT2D eigenvalue weighted by molar-refractivity contribution is 0.143. The largest absolute Gasteiger partial charge is 0.394 e. The molecule has 0 amide bonds. The fourth-order valence-corrected chi connectivity index (χ4v) is 8.60. The number of aliphatic hydroxyl groups excluding tert-OH is 1. The summed E-state index contributed by atoms with van der Waals surface area (Å²) < 4.78 is 13.1. The van der Waals surface area contributed by atoms with Crippen molar-refractivity contribution in [1.29, 1.82) is 0 Å². The van der Waals surface area contributed by atoms with Gasteiger partial charge in [-0.25, -0.2) is 15.0 Å². The van der Waals surface area contributed by atoms with Crippen LogP contribution in [-0.4, -0.2) is 60.2 Å². The lowest BCUT2D eigenvalue weighted by Crippen LogP contribution is -2.49. The molecule has 2 bridgehead atoms. The van der Waals surface area contributed by atoms with Gasteiger partial charge < -0.3 is 15.3 Å². The molecule has 5 aliphatic rings. The third-order valence-electron chi connectivity index (χ3n) is 8.90. The van der Waals surface area contributed by atoms with Crippen LogP contribution >= 0.6 is 11.6 Å². The molecule has 4 heterocycles. The molecule has 2 aromatic heterocycles. The molecule has 180 valence electrons. The average molecular weight is 501 g/mol. The van der Waals surface area contributed by atoms with E-state index in [4.69, 9.17) is 21.6 Å². The second kappa shape index (κ2) is 7.58. The molecular weight excluding hydrogens is 472 g/mol. The maximum absolute atomic E-state index is 13.1. The number of piperidine rings is 1. The van der Waals surface area contributed by atoms with Crippen molar-refractivity contribution in [2.24, 2.45) is 11.8 Å². The average Bonchev–Trinajstić information content (AvgIpc) is 3.47. The smallest absolute Gasteiger partial charge is 0.227 e. The Kier molecular flexibility index (Phi) is 4.78. The van der Waals surface area contributed by atoms with Crippen molar-refractivity contribution in [2.45, 2.75) is 66.7 Å². The van der Waals surface area contributed by atoms with Gasteiger partial charge in [-0.2, -0.15) is 4.98 Å². The Morgan fingerprint density at radius 2 is 1.82 bits per heavy atom. The molecule has 3 unspecified atom stereocenters. The minimum Gasteiger partial charge on any atom is -0.394 e. The van der Waals surface area contributed by atoms with Crippen molar-refractivity contribution in [1.82, 2.24) is 19.9 Å². The number of aliphatic hydroxyl groups is 1. The zero-order chi connectivity index (χ0) is 23.1. The molecule has 34 heavy (non-hydrogen) atoms. The molecule has 3 atom stereocenters. The summed E-state index contributed by atoms with van der Waals surface area (Å²) in [6, 6.07) is 0. The van der Waals surface area contributed by atoms with Gasteiger partial charge >= 0.3 is 0 Å². The molecule has 0 aromatic carbocycles. The second-order valence-corrected chi connectivity index (χ2v) is 12.8. The molecule has 3 saturated carbocycles. The highest BCUT2D eigenvalue weighted by Gasteiger charge is 2.55. The molecule has 7 rings (SSSR count). The maximum atomic E-state index is 13.1. The van der Waals surface area contributed by atoms with E-state index in [0.29, 0.717) is 34.3 Å². The molecule has 4 fully saturated rings. The number of anilines is 2. The Morgan fingerprint density at radius 1 is 1.12 bits per heavy atom. The van der Waals surface area contributed by atoms with Crippen LogP contribution in [0.1, 0.15) is 62.4 Å². The fourth-order valence-electron chi connectivity index (χ4n) is 6.64. The summed E-state index contributed by atoms with van der Waals surface area (Å²) in [6.07, 6.45) is 10.7. The predicted octanol–water partition coefficient (Wildman–Crippen LogP) is 3.03. The van der Waals surface area contributed by atoms with E-state index < -0.39 is 10.8 Å². The SMILES string of the molecule is O=S1CC2(CC2)c2nc(N3CC4CCC(C3)C4c3ncc(Cl)cn3)nc(NC3(CO)CCC3)c21. The molecule has 3 aliphatic carbocycles. The molecule has 2 aliphatic heterocycles. The van der Waals surface area contributed by atoms with Gasteiger partial charge in [0.25, 0.3) is 0 Å². The summed E-state index contributed by atoms with van der Waals surface area (Å²) >= 11 is 6.02. The van der Waals surface area contributed by atoms with Gasteiger partial charge in [-0.15, -0.1) is 0 Å². The van der Waals surface area contributed by atoms with E-state index in [2.05, 4.69) is 20.2 Å². The van der Waals surface area contributed by atoms with E-state index in [9.17, 15) is 9.32 Å². The Balaban J connectivity index is 1.23. The molecule has 1 saturated heterocycles. The lowest BCUT2D eigenvalue weighted by atomic mass is 9.77. The zero-order valence-electron chi connectivity index (χ0n) is 19.0. The first-order valence-electron chi connectivity index (χ1n) is 12.4. The summed E-state index contributed by atoms with van der Waals surface area (Å²) in [4.78, 5) is 22.3. The summed E-state index contributed by atoms with van der Waals surface area (Å²) in [5, 5.41) is 14.2. The van der Waals surface area contributed by atoms with Gasteiger partial charge in [-0.3, -0.25) is 4.21 Å². The molecule has 2 N–H and O–H groups in total. The van der Waals surface area contributed by atoms with Crippen LogP contribution in [-0.2, 0) is 16.2 Å². The van der Waals surface area contributed by atoms with Crippen molar-refractivity contribution in [3.8, 4) is 0 Å². The van der Waals surface area contributed by atoms with E-state index in [0.717, 1.165) is 80.4 Å². The van der Waals surface area contributed by atoms with Crippen molar-refractivity contribution < 1.29 is 9.32 Å². The van der Waals surface area contributed by atoms with Gasteiger partial charge in [0.2, 0.25) is 5.95 Å². The number of halogens is 1. The van der Waals surface area contributed by atoms with Crippen molar-refractivity contribution in [2.75, 3.05) is 35.7 Å². The number of rotatable bonds is 5. The van der Waals surface area contributed by atoms with E-state index in [-0.39, 0.29) is 17.6 Å². The van der Waals surface area contributed by atoms with Crippen molar-refractivity contribution in [3.63, 3.8) is 0 Å². The number of hydrogen-bond acceptors (Lipinski definition) is 8. The highest BCUT2D eigenvalue weighted by molar-refractivity contribution is 7.85. The quantitative estimate of drug-likeness (QED) is 0.645. The van der Waals surface area contributed by atoms with Gasteiger partial charge in [-0.05, 0) is 56.8 Å². The van der Waals surface area contributed by atoms with Crippen LogP contribution in [0.5, 0.6) is 0 Å². The van der Waals surface area contributed by atoms with Gasteiger partial charge in [0.05, 0.1) is 33.7 Å². The Bertz CT molecular complexity index is 1150. The van der Waals surface area contributed by atoms with Crippen molar-refractivity contribution in [3.05, 3.63) is 28.9 Å². The Morgan fingerprint density at radius 3 is 2.41 bits per heavy atom. The molecule has 0 radical (unpaired) electrons. The first-order valence-corrected chi connectivity index (χ1v) is 14.1. The van der Waals surface area contributed by atoms with Gasteiger partial charge in [0, 0.05) is 42.6 Å². The lowest BCUT2D eigenvalue weighted by Gasteiger charge is -2.42. The predicted molar refractivity (Wildman–Crippen MR) is 130 cm³/mol. The molecule has 1 spiro atoms. The number of nitrogens with zero attached hydrogens (tertiary/aromatic N) is 5. The molecular formula is C24H29ClN6O2S. The molecule has 2 aromatic rings. The van der Waals surface area contributed by atoms with E-state index >= 15 is 0 Å². The van der Waals surface area contributed by atoms with Gasteiger partial charge in [0.15, 0.2) is 0 Å². The normalized spacial score (nSPS) is 31.9. The Hall–Kier alpha value is -1.84. The van der Waals surface area contributed by atoms with E-state index in [1.54, 1.807) is 12.4 Å². The summed E-state index contributed by atoms with van der Waals surface area (Å²) in [7, 11) is -1.09. The van der Waals surface area contributed by atoms with Gasteiger partial charge in [0.1, 0.15) is 16.5 Å². The molecule has 8 nitrogen and oxygen atoms in total. The first kappa shape index (κ1) is 21.4. The third kappa shape index (κ3) is 3.23.